The first-order valence-electron chi connectivity index (χ1n) is 13.9. The Hall–Kier alpha value is -0.950. The third-order valence-corrected chi connectivity index (χ3v) is 11.8. The van der Waals surface area contributed by atoms with E-state index in [1.807, 2.05) is 0 Å². The fraction of sp³-hybridized carbons (Fsp3) is 0.897. The summed E-state index contributed by atoms with van der Waals surface area (Å²) in [5.74, 6) is 0.504. The van der Waals surface area contributed by atoms with E-state index in [2.05, 4.69) is 26.8 Å². The SMILES string of the molecule is CC(=O)OC1CCC2(C)C(=CCC3C2CCC2(C)C3CC3OC4(C(C)(C)O)CC(O)C(C)(O4)C32)C1. The smallest absolute Gasteiger partial charge is 0.302 e. The lowest BCUT2D eigenvalue weighted by Gasteiger charge is -2.59. The van der Waals surface area contributed by atoms with Crippen LogP contribution in [-0.4, -0.2) is 51.5 Å². The van der Waals surface area contributed by atoms with Crippen LogP contribution in [0.25, 0.3) is 0 Å². The highest BCUT2D eigenvalue weighted by Gasteiger charge is 2.75. The molecule has 0 aromatic heterocycles. The zero-order valence-electron chi connectivity index (χ0n) is 22.3. The quantitative estimate of drug-likeness (QED) is 0.439. The zero-order valence-corrected chi connectivity index (χ0v) is 22.3. The number of allylic oxidation sites excluding steroid dienone is 1. The van der Waals surface area contributed by atoms with Crippen LogP contribution in [0, 0.1) is 34.5 Å². The molecule has 3 saturated carbocycles. The van der Waals surface area contributed by atoms with Gasteiger partial charge >= 0.3 is 5.97 Å². The molecule has 2 saturated heterocycles. The molecular weight excluding hydrogens is 444 g/mol. The average molecular weight is 489 g/mol. The molecule has 11 unspecified atom stereocenters. The second-order valence-corrected chi connectivity index (χ2v) is 14.0. The van der Waals surface area contributed by atoms with Crippen LogP contribution in [0.3, 0.4) is 0 Å². The first kappa shape index (κ1) is 24.4. The minimum absolute atomic E-state index is 0.0102. The van der Waals surface area contributed by atoms with E-state index >= 15 is 0 Å². The van der Waals surface area contributed by atoms with E-state index in [9.17, 15) is 15.0 Å². The van der Waals surface area contributed by atoms with Crippen molar-refractivity contribution in [2.24, 2.45) is 34.5 Å². The van der Waals surface area contributed by atoms with Gasteiger partial charge in [0.05, 0.1) is 12.2 Å². The van der Waals surface area contributed by atoms with Crippen LogP contribution in [-0.2, 0) is 19.0 Å². The van der Waals surface area contributed by atoms with Gasteiger partial charge in [-0.3, -0.25) is 4.79 Å². The van der Waals surface area contributed by atoms with Gasteiger partial charge in [0.15, 0.2) is 5.79 Å². The summed E-state index contributed by atoms with van der Waals surface area (Å²) >= 11 is 0. The Labute approximate surface area is 209 Å². The molecule has 4 aliphatic carbocycles. The minimum Gasteiger partial charge on any atom is -0.462 e. The van der Waals surface area contributed by atoms with Crippen LogP contribution in [0.4, 0.5) is 0 Å². The van der Waals surface area contributed by atoms with Crippen LogP contribution in [0.15, 0.2) is 11.6 Å². The number of carbonyl (C=O) groups excluding carboxylic acids is 1. The summed E-state index contributed by atoms with van der Waals surface area (Å²) in [6, 6.07) is 0. The molecule has 0 spiro atoms. The van der Waals surface area contributed by atoms with Gasteiger partial charge in [-0.05, 0) is 87.9 Å². The number of aliphatic hydroxyl groups is 2. The summed E-state index contributed by atoms with van der Waals surface area (Å²) in [6.45, 7) is 12.0. The van der Waals surface area contributed by atoms with E-state index in [1.165, 1.54) is 18.9 Å². The van der Waals surface area contributed by atoms with Gasteiger partial charge in [0.25, 0.3) is 0 Å². The molecule has 2 N–H and O–H groups in total. The standard InChI is InChI=1S/C29H44O6/c1-16(30)33-18-9-11-26(4)17(13-18)7-8-19-20(26)10-12-27(5)21(19)14-22-24(27)28(6)23(31)15-29(34-22,35-28)25(2,3)32/h7,18-24,31-32H,8-15H2,1-6H3. The lowest BCUT2D eigenvalue weighted by Crippen LogP contribution is -2.63. The Morgan fingerprint density at radius 2 is 1.91 bits per heavy atom. The lowest BCUT2D eigenvalue weighted by atomic mass is 9.46. The van der Waals surface area contributed by atoms with E-state index < -0.39 is 23.1 Å². The van der Waals surface area contributed by atoms with Crippen LogP contribution >= 0.6 is 0 Å². The van der Waals surface area contributed by atoms with Gasteiger partial charge < -0.3 is 24.4 Å². The highest BCUT2D eigenvalue weighted by molar-refractivity contribution is 5.66. The summed E-state index contributed by atoms with van der Waals surface area (Å²) in [4.78, 5) is 11.6. The summed E-state index contributed by atoms with van der Waals surface area (Å²) in [7, 11) is 0. The van der Waals surface area contributed by atoms with E-state index in [0.717, 1.165) is 38.5 Å². The lowest BCUT2D eigenvalue weighted by molar-refractivity contribution is -0.384. The van der Waals surface area contributed by atoms with Gasteiger partial charge in [0.2, 0.25) is 0 Å². The second-order valence-electron chi connectivity index (χ2n) is 14.0. The molecule has 2 aliphatic heterocycles. The van der Waals surface area contributed by atoms with Crippen molar-refractivity contribution in [2.45, 2.75) is 128 Å². The number of rotatable bonds is 2. The van der Waals surface area contributed by atoms with Crippen molar-refractivity contribution in [1.82, 2.24) is 0 Å². The monoisotopic (exact) mass is 488 g/mol. The summed E-state index contributed by atoms with van der Waals surface area (Å²) in [5, 5.41) is 22.3. The summed E-state index contributed by atoms with van der Waals surface area (Å²) in [6.07, 6.45) is 9.38. The minimum atomic E-state index is -1.19. The van der Waals surface area contributed by atoms with E-state index in [1.54, 1.807) is 13.8 Å². The van der Waals surface area contributed by atoms with Gasteiger partial charge in [-0.15, -0.1) is 0 Å². The van der Waals surface area contributed by atoms with Crippen LogP contribution in [0.1, 0.15) is 92.9 Å². The highest BCUT2D eigenvalue weighted by Crippen LogP contribution is 2.71. The van der Waals surface area contributed by atoms with Gasteiger partial charge in [-0.2, -0.15) is 0 Å². The summed E-state index contributed by atoms with van der Waals surface area (Å²) < 4.78 is 18.9. The Balaban J connectivity index is 1.32. The van der Waals surface area contributed by atoms with Crippen LogP contribution in [0.5, 0.6) is 0 Å². The molecule has 6 nitrogen and oxygen atoms in total. The van der Waals surface area contributed by atoms with Gasteiger partial charge in [-0.25, -0.2) is 0 Å². The maximum atomic E-state index is 11.6. The zero-order chi connectivity index (χ0) is 25.2. The van der Waals surface area contributed by atoms with E-state index in [0.29, 0.717) is 24.2 Å². The van der Waals surface area contributed by atoms with Crippen LogP contribution in [0.2, 0.25) is 0 Å². The third-order valence-electron chi connectivity index (χ3n) is 11.8. The first-order chi connectivity index (χ1) is 16.2. The maximum absolute atomic E-state index is 11.6. The Kier molecular flexibility index (Phi) is 5.11. The Bertz CT molecular complexity index is 953. The molecule has 11 atom stereocenters. The number of carbonyl (C=O) groups is 1. The van der Waals surface area contributed by atoms with Crippen molar-refractivity contribution in [3.63, 3.8) is 0 Å². The Morgan fingerprint density at radius 3 is 2.60 bits per heavy atom. The van der Waals surface area contributed by atoms with E-state index in [4.69, 9.17) is 14.2 Å². The van der Waals surface area contributed by atoms with Crippen molar-refractivity contribution in [1.29, 1.82) is 0 Å². The number of hydrogen-bond donors (Lipinski definition) is 2. The molecule has 6 rings (SSSR count). The molecule has 2 heterocycles. The fourth-order valence-corrected chi connectivity index (χ4v) is 10.1. The normalized spacial score (nSPS) is 54.7. The highest BCUT2D eigenvalue weighted by atomic mass is 16.7. The first-order valence-corrected chi connectivity index (χ1v) is 13.9. The topological polar surface area (TPSA) is 85.2 Å². The van der Waals surface area contributed by atoms with Gasteiger partial charge in [0.1, 0.15) is 17.3 Å². The number of hydrogen-bond acceptors (Lipinski definition) is 6. The molecule has 5 fully saturated rings. The Morgan fingerprint density at radius 1 is 1.17 bits per heavy atom. The summed E-state index contributed by atoms with van der Waals surface area (Å²) in [5.41, 5.74) is -0.195. The molecule has 6 aliphatic rings. The molecule has 0 radical (unpaired) electrons. The third kappa shape index (κ3) is 3.12. The average Bonchev–Trinajstić information content (AvgIpc) is 3.16. The molecule has 2 bridgehead atoms. The van der Waals surface area contributed by atoms with Crippen molar-refractivity contribution < 1.29 is 29.2 Å². The molecule has 196 valence electrons. The van der Waals surface area contributed by atoms with Crippen molar-refractivity contribution in [3.05, 3.63) is 11.6 Å². The van der Waals surface area contributed by atoms with Crippen LogP contribution < -0.4 is 0 Å². The molecule has 0 aromatic carbocycles. The van der Waals surface area contributed by atoms with Gasteiger partial charge in [0, 0.05) is 25.7 Å². The fourth-order valence-electron chi connectivity index (χ4n) is 10.1. The molecular formula is C29H44O6. The predicted octanol–water partition coefficient (Wildman–Crippen LogP) is 4.51. The largest absolute Gasteiger partial charge is 0.462 e. The number of ether oxygens (including phenoxy) is 3. The molecule has 0 amide bonds. The molecule has 0 aromatic rings. The predicted molar refractivity (Wildman–Crippen MR) is 130 cm³/mol. The molecule has 6 heteroatoms. The second kappa shape index (κ2) is 7.33. The van der Waals surface area contributed by atoms with Crippen molar-refractivity contribution >= 4 is 5.97 Å². The number of aliphatic hydroxyl groups excluding tert-OH is 1. The number of fused-ring (bicyclic) bond motifs is 10. The molecule has 35 heavy (non-hydrogen) atoms. The number of esters is 1. The van der Waals surface area contributed by atoms with Gasteiger partial charge in [-0.1, -0.05) is 25.5 Å². The van der Waals surface area contributed by atoms with Crippen molar-refractivity contribution in [2.75, 3.05) is 0 Å². The van der Waals surface area contributed by atoms with E-state index in [-0.39, 0.29) is 34.9 Å². The van der Waals surface area contributed by atoms with Crippen molar-refractivity contribution in [3.8, 4) is 0 Å². The maximum Gasteiger partial charge on any atom is 0.302 e.